The minimum Gasteiger partial charge on any atom is -0.344 e. The van der Waals surface area contributed by atoms with Gasteiger partial charge in [0, 0.05) is 16.0 Å². The van der Waals surface area contributed by atoms with Crippen LogP contribution in [0.15, 0.2) is 18.2 Å². The fourth-order valence-electron chi connectivity index (χ4n) is 2.32. The summed E-state index contributed by atoms with van der Waals surface area (Å²) in [5.41, 5.74) is 0.325. The molecule has 21 heavy (non-hydrogen) atoms. The quantitative estimate of drug-likeness (QED) is 0.865. The summed E-state index contributed by atoms with van der Waals surface area (Å²) in [4.78, 5) is 37.1. The molecule has 110 valence electrons. The van der Waals surface area contributed by atoms with Gasteiger partial charge in [-0.2, -0.15) is 0 Å². The van der Waals surface area contributed by atoms with Gasteiger partial charge in [0.1, 0.15) is 6.04 Å². The first-order valence-corrected chi connectivity index (χ1v) is 7.34. The van der Waals surface area contributed by atoms with Crippen molar-refractivity contribution in [3.05, 3.63) is 28.2 Å². The summed E-state index contributed by atoms with van der Waals surface area (Å²) in [7, 11) is 0. The molecule has 1 aliphatic heterocycles. The van der Waals surface area contributed by atoms with E-state index in [2.05, 4.69) is 5.32 Å². The van der Waals surface area contributed by atoms with E-state index in [-0.39, 0.29) is 24.2 Å². The van der Waals surface area contributed by atoms with Crippen molar-refractivity contribution < 1.29 is 14.4 Å². The van der Waals surface area contributed by atoms with E-state index in [1.54, 1.807) is 0 Å². The number of benzene rings is 1. The van der Waals surface area contributed by atoms with Crippen LogP contribution in [0, 0.1) is 5.92 Å². The Hall–Kier alpha value is -1.59. The number of imide groups is 1. The first-order valence-electron chi connectivity index (χ1n) is 6.59. The Morgan fingerprint density at radius 3 is 2.33 bits per heavy atom. The van der Waals surface area contributed by atoms with Crippen molar-refractivity contribution in [2.24, 2.45) is 5.92 Å². The highest BCUT2D eigenvalue weighted by Gasteiger charge is 2.42. The zero-order valence-electron chi connectivity index (χ0n) is 10.9. The van der Waals surface area contributed by atoms with E-state index in [1.165, 1.54) is 18.2 Å². The van der Waals surface area contributed by atoms with Gasteiger partial charge in [0.25, 0.3) is 5.91 Å². The van der Waals surface area contributed by atoms with Crippen LogP contribution in [-0.4, -0.2) is 23.8 Å². The lowest BCUT2D eigenvalue weighted by atomic mass is 10.2. The number of hydrogen-bond acceptors (Lipinski definition) is 3. The van der Waals surface area contributed by atoms with Crippen molar-refractivity contribution in [1.82, 2.24) is 5.32 Å². The van der Waals surface area contributed by atoms with E-state index < -0.39 is 11.9 Å². The van der Waals surface area contributed by atoms with E-state index in [9.17, 15) is 14.4 Å². The molecular formula is C14H12Cl2N2O3. The van der Waals surface area contributed by atoms with Crippen molar-refractivity contribution in [1.29, 1.82) is 0 Å². The monoisotopic (exact) mass is 326 g/mol. The van der Waals surface area contributed by atoms with Gasteiger partial charge in [-0.3, -0.25) is 14.4 Å². The van der Waals surface area contributed by atoms with Crippen LogP contribution in [0.2, 0.25) is 10.0 Å². The summed E-state index contributed by atoms with van der Waals surface area (Å²) in [5.74, 6) is -0.999. The highest BCUT2D eigenvalue weighted by molar-refractivity contribution is 6.35. The topological polar surface area (TPSA) is 66.5 Å². The van der Waals surface area contributed by atoms with Gasteiger partial charge in [-0.15, -0.1) is 0 Å². The molecule has 0 spiro atoms. The fourth-order valence-corrected chi connectivity index (χ4v) is 2.83. The summed E-state index contributed by atoms with van der Waals surface area (Å²) in [6, 6.07) is 3.70. The molecule has 1 aromatic carbocycles. The third-order valence-electron chi connectivity index (χ3n) is 3.52. The Labute approximate surface area is 131 Å². The van der Waals surface area contributed by atoms with Crippen LogP contribution in [0.5, 0.6) is 0 Å². The van der Waals surface area contributed by atoms with Crippen molar-refractivity contribution in [2.75, 3.05) is 4.90 Å². The molecule has 1 heterocycles. The predicted molar refractivity (Wildman–Crippen MR) is 78.2 cm³/mol. The fraction of sp³-hybridized carbons (Fsp3) is 0.357. The van der Waals surface area contributed by atoms with Crippen molar-refractivity contribution in [3.8, 4) is 0 Å². The maximum Gasteiger partial charge on any atom is 0.256 e. The molecule has 1 saturated carbocycles. The highest BCUT2D eigenvalue weighted by Crippen LogP contribution is 2.31. The third-order valence-corrected chi connectivity index (χ3v) is 3.95. The lowest BCUT2D eigenvalue weighted by molar-refractivity contribution is -0.127. The molecule has 1 unspecified atom stereocenters. The number of amides is 3. The summed E-state index contributed by atoms with van der Waals surface area (Å²) in [5, 5.41) is 3.31. The number of rotatable bonds is 3. The van der Waals surface area contributed by atoms with Gasteiger partial charge in [-0.1, -0.05) is 23.2 Å². The summed E-state index contributed by atoms with van der Waals surface area (Å²) in [6.45, 7) is 0. The first kappa shape index (κ1) is 14.4. The molecule has 0 bridgehead atoms. The molecule has 3 rings (SSSR count). The average Bonchev–Trinajstić information content (AvgIpc) is 3.17. The summed E-state index contributed by atoms with van der Waals surface area (Å²) >= 11 is 11.8. The number of nitrogens with one attached hydrogen (secondary N) is 1. The molecule has 0 radical (unpaired) electrons. The van der Waals surface area contributed by atoms with Gasteiger partial charge in [-0.05, 0) is 31.0 Å². The van der Waals surface area contributed by atoms with Crippen molar-refractivity contribution in [2.45, 2.75) is 25.3 Å². The first-order chi connectivity index (χ1) is 9.95. The van der Waals surface area contributed by atoms with E-state index in [1.807, 2.05) is 0 Å². The second-order valence-corrected chi connectivity index (χ2v) is 6.11. The minimum atomic E-state index is -0.802. The molecule has 2 fully saturated rings. The zero-order valence-corrected chi connectivity index (χ0v) is 12.4. The lowest BCUT2D eigenvalue weighted by Crippen LogP contribution is -2.42. The summed E-state index contributed by atoms with van der Waals surface area (Å²) in [6.07, 6.45) is 1.64. The highest BCUT2D eigenvalue weighted by atomic mass is 35.5. The van der Waals surface area contributed by atoms with Crippen LogP contribution in [-0.2, 0) is 14.4 Å². The van der Waals surface area contributed by atoms with Crippen LogP contribution < -0.4 is 10.2 Å². The number of nitrogens with zero attached hydrogens (tertiary/aromatic N) is 1. The minimum absolute atomic E-state index is 0.0115. The van der Waals surface area contributed by atoms with Crippen molar-refractivity contribution in [3.63, 3.8) is 0 Å². The maximum atomic E-state index is 12.3. The van der Waals surface area contributed by atoms with Gasteiger partial charge < -0.3 is 5.32 Å². The van der Waals surface area contributed by atoms with Crippen LogP contribution in [0.1, 0.15) is 19.3 Å². The largest absolute Gasteiger partial charge is 0.344 e. The number of hydrogen-bond donors (Lipinski definition) is 1. The smallest absolute Gasteiger partial charge is 0.256 e. The Balaban J connectivity index is 1.81. The Morgan fingerprint density at radius 2 is 1.76 bits per heavy atom. The molecule has 1 N–H and O–H groups in total. The number of anilines is 1. The van der Waals surface area contributed by atoms with E-state index in [0.29, 0.717) is 15.7 Å². The average molecular weight is 327 g/mol. The molecule has 1 atom stereocenters. The van der Waals surface area contributed by atoms with Gasteiger partial charge in [0.2, 0.25) is 11.8 Å². The van der Waals surface area contributed by atoms with Crippen LogP contribution in [0.25, 0.3) is 0 Å². The van der Waals surface area contributed by atoms with E-state index in [0.717, 1.165) is 17.7 Å². The summed E-state index contributed by atoms with van der Waals surface area (Å²) < 4.78 is 0. The van der Waals surface area contributed by atoms with Crippen LogP contribution >= 0.6 is 23.2 Å². The second-order valence-electron chi connectivity index (χ2n) is 5.23. The molecular weight excluding hydrogens is 315 g/mol. The molecule has 7 heteroatoms. The molecule has 1 saturated heterocycles. The van der Waals surface area contributed by atoms with Gasteiger partial charge in [-0.25, -0.2) is 4.90 Å². The predicted octanol–water partition coefficient (Wildman–Crippen LogP) is 2.15. The van der Waals surface area contributed by atoms with Crippen molar-refractivity contribution >= 4 is 46.6 Å². The lowest BCUT2D eigenvalue weighted by Gasteiger charge is -2.16. The number of carbonyl (C=O) groups excluding carboxylic acids is 3. The second kappa shape index (κ2) is 5.31. The standard InChI is InChI=1S/C14H12Cl2N2O3/c15-8-3-9(16)5-10(4-8)18-12(19)6-11(14(18)21)17-13(20)7-1-2-7/h3-5,7,11H,1-2,6H2,(H,17,20). The van der Waals surface area contributed by atoms with Gasteiger partial charge in [0.05, 0.1) is 12.1 Å². The molecule has 1 aromatic rings. The SMILES string of the molecule is O=C(NC1CC(=O)N(c2cc(Cl)cc(Cl)c2)C1=O)C1CC1. The Morgan fingerprint density at radius 1 is 1.14 bits per heavy atom. The van der Waals surface area contributed by atoms with Crippen LogP contribution in [0.3, 0.4) is 0 Å². The molecule has 2 aliphatic rings. The Bertz CT molecular complexity index is 623. The number of carbonyl (C=O) groups is 3. The Kier molecular flexibility index (Phi) is 3.63. The zero-order chi connectivity index (χ0) is 15.1. The van der Waals surface area contributed by atoms with Gasteiger partial charge in [0.15, 0.2) is 0 Å². The molecule has 5 nitrogen and oxygen atoms in total. The maximum absolute atomic E-state index is 12.3. The number of halogens is 2. The van der Waals surface area contributed by atoms with E-state index >= 15 is 0 Å². The van der Waals surface area contributed by atoms with E-state index in [4.69, 9.17) is 23.2 Å². The normalized spacial score (nSPS) is 21.8. The third kappa shape index (κ3) is 2.89. The molecule has 1 aliphatic carbocycles. The van der Waals surface area contributed by atoms with Gasteiger partial charge >= 0.3 is 0 Å². The molecule has 0 aromatic heterocycles. The van der Waals surface area contributed by atoms with Crippen LogP contribution in [0.4, 0.5) is 5.69 Å². The molecule has 3 amide bonds.